The van der Waals surface area contributed by atoms with Crippen molar-refractivity contribution in [3.63, 3.8) is 0 Å². The van der Waals surface area contributed by atoms with Crippen LogP contribution in [0.5, 0.6) is 0 Å². The Balaban J connectivity index is 1.79. The minimum absolute atomic E-state index is 0.0596. The summed E-state index contributed by atoms with van der Waals surface area (Å²) in [6.07, 6.45) is 0. The van der Waals surface area contributed by atoms with E-state index in [9.17, 15) is 9.59 Å². The van der Waals surface area contributed by atoms with E-state index in [1.807, 2.05) is 68.6 Å². The number of rotatable bonds is 7. The van der Waals surface area contributed by atoms with Gasteiger partial charge in [0, 0.05) is 4.47 Å². The summed E-state index contributed by atoms with van der Waals surface area (Å²) < 4.78 is 0.829. The van der Waals surface area contributed by atoms with Crippen molar-refractivity contribution in [2.45, 2.75) is 13.0 Å². The lowest BCUT2D eigenvalue weighted by Gasteiger charge is -2.17. The van der Waals surface area contributed by atoms with Gasteiger partial charge in [-0.15, -0.1) is 0 Å². The summed E-state index contributed by atoms with van der Waals surface area (Å²) in [5, 5.41) is 5.80. The van der Waals surface area contributed by atoms with Crippen LogP contribution in [0, 0.1) is 0 Å². The number of carbonyl (C=O) groups excluding carboxylic acids is 2. The van der Waals surface area contributed by atoms with Gasteiger partial charge in [-0.05, 0) is 40.5 Å². The minimum Gasteiger partial charge on any atom is -0.345 e. The third-order valence-electron chi connectivity index (χ3n) is 3.75. The zero-order chi connectivity index (χ0) is 18.2. The molecule has 0 saturated heterocycles. The van der Waals surface area contributed by atoms with Gasteiger partial charge in [0.05, 0.1) is 18.8 Å². The molecule has 0 saturated carbocycles. The average molecular weight is 405 g/mol. The second kappa shape index (κ2) is 9.34. The van der Waals surface area contributed by atoms with Crippen LogP contribution in [0.2, 0.25) is 0 Å². The molecule has 5 nitrogen and oxygen atoms in total. The SMILES string of the molecule is C[C@@H](NC(=O)C[NH+](C)CC(=O)Nc1ccccc1Br)c1ccccc1. The van der Waals surface area contributed by atoms with E-state index in [1.54, 1.807) is 0 Å². The topological polar surface area (TPSA) is 62.6 Å². The summed E-state index contributed by atoms with van der Waals surface area (Å²) >= 11 is 3.39. The first-order chi connectivity index (χ1) is 12.0. The standard InChI is InChI=1S/C19H22BrN3O2/c1-14(15-8-4-3-5-9-15)21-18(24)12-23(2)13-19(25)22-17-11-7-6-10-16(17)20/h3-11,14H,12-13H2,1-2H3,(H,21,24)(H,22,25)/p+1/t14-/m1/s1. The molecule has 3 N–H and O–H groups in total. The van der Waals surface area contributed by atoms with E-state index in [2.05, 4.69) is 26.6 Å². The highest BCUT2D eigenvalue weighted by Gasteiger charge is 2.16. The van der Waals surface area contributed by atoms with Crippen molar-refractivity contribution in [1.82, 2.24) is 5.32 Å². The van der Waals surface area contributed by atoms with Gasteiger partial charge in [0.15, 0.2) is 13.1 Å². The maximum atomic E-state index is 12.2. The molecule has 2 aromatic rings. The number of benzene rings is 2. The van der Waals surface area contributed by atoms with E-state index in [4.69, 9.17) is 0 Å². The van der Waals surface area contributed by atoms with Crippen LogP contribution in [-0.2, 0) is 9.59 Å². The number of amides is 2. The van der Waals surface area contributed by atoms with Crippen molar-refractivity contribution in [2.24, 2.45) is 0 Å². The van der Waals surface area contributed by atoms with Crippen LogP contribution in [0.15, 0.2) is 59.1 Å². The Morgan fingerprint density at radius 1 is 1.00 bits per heavy atom. The van der Waals surface area contributed by atoms with E-state index in [1.165, 1.54) is 0 Å². The van der Waals surface area contributed by atoms with Crippen molar-refractivity contribution in [3.8, 4) is 0 Å². The quantitative estimate of drug-likeness (QED) is 0.658. The number of nitrogens with one attached hydrogen (secondary N) is 3. The summed E-state index contributed by atoms with van der Waals surface area (Å²) in [6, 6.07) is 17.2. The molecule has 0 spiro atoms. The number of anilines is 1. The lowest BCUT2D eigenvalue weighted by atomic mass is 10.1. The van der Waals surface area contributed by atoms with E-state index >= 15 is 0 Å². The van der Waals surface area contributed by atoms with E-state index in [0.717, 1.165) is 20.6 Å². The number of quaternary nitrogens is 1. The molecular formula is C19H23BrN3O2+. The van der Waals surface area contributed by atoms with Gasteiger partial charge in [0.1, 0.15) is 0 Å². The Labute approximate surface area is 156 Å². The van der Waals surface area contributed by atoms with Crippen molar-refractivity contribution >= 4 is 33.4 Å². The number of halogens is 1. The number of hydrogen-bond donors (Lipinski definition) is 3. The monoisotopic (exact) mass is 404 g/mol. The van der Waals surface area contributed by atoms with Gasteiger partial charge in [-0.2, -0.15) is 0 Å². The molecule has 0 fully saturated rings. The zero-order valence-corrected chi connectivity index (χ0v) is 16.0. The van der Waals surface area contributed by atoms with Crippen LogP contribution >= 0.6 is 15.9 Å². The first-order valence-electron chi connectivity index (χ1n) is 8.15. The van der Waals surface area contributed by atoms with Gasteiger partial charge < -0.3 is 15.5 Å². The van der Waals surface area contributed by atoms with Gasteiger partial charge in [-0.3, -0.25) is 9.59 Å². The number of hydrogen-bond acceptors (Lipinski definition) is 2. The van der Waals surface area contributed by atoms with Crippen LogP contribution in [0.25, 0.3) is 0 Å². The number of likely N-dealkylation sites (N-methyl/N-ethyl adjacent to an activating group) is 1. The molecule has 2 rings (SSSR count). The van der Waals surface area contributed by atoms with E-state index in [-0.39, 0.29) is 30.9 Å². The zero-order valence-electron chi connectivity index (χ0n) is 14.4. The van der Waals surface area contributed by atoms with Crippen LogP contribution in [0.4, 0.5) is 5.69 Å². The maximum Gasteiger partial charge on any atom is 0.279 e. The predicted molar refractivity (Wildman–Crippen MR) is 102 cm³/mol. The fourth-order valence-corrected chi connectivity index (χ4v) is 2.87. The second-order valence-corrected chi connectivity index (χ2v) is 6.89. The molecule has 6 heteroatoms. The molecular weight excluding hydrogens is 382 g/mol. The fraction of sp³-hybridized carbons (Fsp3) is 0.263. The van der Waals surface area contributed by atoms with Crippen molar-refractivity contribution in [1.29, 1.82) is 0 Å². The highest BCUT2D eigenvalue weighted by Crippen LogP contribution is 2.20. The molecule has 2 aromatic carbocycles. The van der Waals surface area contributed by atoms with Crippen LogP contribution in [0.1, 0.15) is 18.5 Å². The Hall–Kier alpha value is -2.18. The molecule has 2 atom stereocenters. The normalized spacial score (nSPS) is 12.9. The minimum atomic E-state index is -0.131. The molecule has 0 aliphatic rings. The lowest BCUT2D eigenvalue weighted by Crippen LogP contribution is -3.11. The first kappa shape index (κ1) is 19.1. The third kappa shape index (κ3) is 6.32. The highest BCUT2D eigenvalue weighted by atomic mass is 79.9. The Kier molecular flexibility index (Phi) is 7.16. The molecule has 0 aliphatic carbocycles. The van der Waals surface area contributed by atoms with Crippen LogP contribution in [-0.4, -0.2) is 32.0 Å². The van der Waals surface area contributed by atoms with Gasteiger partial charge >= 0.3 is 0 Å². The summed E-state index contributed by atoms with van der Waals surface area (Å²) in [5.74, 6) is -0.212. The van der Waals surface area contributed by atoms with Gasteiger partial charge in [0.25, 0.3) is 11.8 Å². The molecule has 0 radical (unpaired) electrons. The first-order valence-corrected chi connectivity index (χ1v) is 8.95. The third-order valence-corrected chi connectivity index (χ3v) is 4.44. The Bertz CT molecular complexity index is 722. The summed E-state index contributed by atoms with van der Waals surface area (Å²) in [5.41, 5.74) is 1.78. The Morgan fingerprint density at radius 3 is 2.28 bits per heavy atom. The van der Waals surface area contributed by atoms with E-state index < -0.39 is 0 Å². The average Bonchev–Trinajstić information content (AvgIpc) is 2.57. The smallest absolute Gasteiger partial charge is 0.279 e. The molecule has 0 aromatic heterocycles. The number of carbonyl (C=O) groups is 2. The molecule has 0 heterocycles. The fourth-order valence-electron chi connectivity index (χ4n) is 2.49. The largest absolute Gasteiger partial charge is 0.345 e. The van der Waals surface area contributed by atoms with Gasteiger partial charge in [0.2, 0.25) is 0 Å². The number of para-hydroxylation sites is 1. The van der Waals surface area contributed by atoms with Crippen molar-refractivity contribution in [2.75, 3.05) is 25.5 Å². The second-order valence-electron chi connectivity index (χ2n) is 6.04. The van der Waals surface area contributed by atoms with Crippen molar-refractivity contribution in [3.05, 3.63) is 64.6 Å². The van der Waals surface area contributed by atoms with Crippen molar-refractivity contribution < 1.29 is 14.5 Å². The van der Waals surface area contributed by atoms with Gasteiger partial charge in [-0.25, -0.2) is 0 Å². The molecule has 25 heavy (non-hydrogen) atoms. The molecule has 0 bridgehead atoms. The van der Waals surface area contributed by atoms with Gasteiger partial charge in [-0.1, -0.05) is 42.5 Å². The van der Waals surface area contributed by atoms with E-state index in [0.29, 0.717) is 0 Å². The molecule has 132 valence electrons. The summed E-state index contributed by atoms with van der Waals surface area (Å²) in [4.78, 5) is 25.1. The maximum absolute atomic E-state index is 12.2. The Morgan fingerprint density at radius 2 is 1.60 bits per heavy atom. The van der Waals surface area contributed by atoms with Crippen LogP contribution < -0.4 is 15.5 Å². The predicted octanol–water partition coefficient (Wildman–Crippen LogP) is 1.78. The molecule has 2 amide bonds. The molecule has 0 aliphatic heterocycles. The lowest BCUT2D eigenvalue weighted by molar-refractivity contribution is -0.862. The summed E-state index contributed by atoms with van der Waals surface area (Å²) in [6.45, 7) is 2.40. The molecule has 1 unspecified atom stereocenters. The highest BCUT2D eigenvalue weighted by molar-refractivity contribution is 9.10. The summed E-state index contributed by atoms with van der Waals surface area (Å²) in [7, 11) is 1.83. The van der Waals surface area contributed by atoms with Crippen LogP contribution in [0.3, 0.4) is 0 Å².